The first-order valence-corrected chi connectivity index (χ1v) is 9.72. The summed E-state index contributed by atoms with van der Waals surface area (Å²) in [5.74, 6) is 0.368. The van der Waals surface area contributed by atoms with E-state index in [1.165, 1.54) is 12.1 Å². The molecule has 1 fully saturated rings. The van der Waals surface area contributed by atoms with E-state index in [0.717, 1.165) is 25.2 Å². The van der Waals surface area contributed by atoms with E-state index in [-0.39, 0.29) is 24.1 Å². The summed E-state index contributed by atoms with van der Waals surface area (Å²) in [5, 5.41) is 2.92. The van der Waals surface area contributed by atoms with Crippen LogP contribution in [0.25, 0.3) is 0 Å². The Morgan fingerprint density at radius 1 is 1.00 bits per heavy atom. The number of carbonyl (C=O) groups excluding carboxylic acids is 2. The normalized spacial score (nSPS) is 14.5. The van der Waals surface area contributed by atoms with Crippen molar-refractivity contribution in [2.24, 2.45) is 0 Å². The molecule has 1 aliphatic heterocycles. The third kappa shape index (κ3) is 6.02. The molecule has 0 aromatic heterocycles. The average molecular weight is 399 g/mol. The van der Waals surface area contributed by atoms with Crippen molar-refractivity contribution in [2.75, 3.05) is 46.4 Å². The smallest absolute Gasteiger partial charge is 0.251 e. The van der Waals surface area contributed by atoms with E-state index in [9.17, 15) is 14.0 Å². The van der Waals surface area contributed by atoms with Crippen LogP contribution in [0.2, 0.25) is 0 Å². The molecule has 1 N–H and O–H groups in total. The number of hydrogen-bond donors (Lipinski definition) is 1. The van der Waals surface area contributed by atoms with Crippen molar-refractivity contribution in [1.29, 1.82) is 0 Å². The first-order chi connectivity index (χ1) is 14.0. The molecule has 0 atom stereocenters. The van der Waals surface area contributed by atoms with Gasteiger partial charge in [-0.15, -0.1) is 0 Å². The van der Waals surface area contributed by atoms with E-state index in [0.29, 0.717) is 30.9 Å². The number of nitrogens with zero attached hydrogens (tertiary/aromatic N) is 2. The summed E-state index contributed by atoms with van der Waals surface area (Å²) in [5.41, 5.74) is 1.42. The summed E-state index contributed by atoms with van der Waals surface area (Å²) in [6.07, 6.45) is 0.290. The molecule has 0 bridgehead atoms. The first-order valence-electron chi connectivity index (χ1n) is 9.72. The maximum Gasteiger partial charge on any atom is 0.251 e. The van der Waals surface area contributed by atoms with Gasteiger partial charge in [-0.3, -0.25) is 14.5 Å². The lowest BCUT2D eigenvalue weighted by atomic mass is 10.1. The molecule has 6 nitrogen and oxygen atoms in total. The molecule has 1 saturated heterocycles. The second-order valence-corrected chi connectivity index (χ2v) is 7.01. The lowest BCUT2D eigenvalue weighted by Gasteiger charge is -2.34. The van der Waals surface area contributed by atoms with E-state index < -0.39 is 0 Å². The molecule has 2 aromatic carbocycles. The topological polar surface area (TPSA) is 61.9 Å². The van der Waals surface area contributed by atoms with Gasteiger partial charge in [-0.25, -0.2) is 4.39 Å². The van der Waals surface area contributed by atoms with Crippen LogP contribution >= 0.6 is 0 Å². The van der Waals surface area contributed by atoms with Gasteiger partial charge in [0.25, 0.3) is 5.91 Å². The van der Waals surface area contributed by atoms with Crippen molar-refractivity contribution in [3.8, 4) is 5.75 Å². The summed E-state index contributed by atoms with van der Waals surface area (Å²) >= 11 is 0. The molecule has 0 unspecified atom stereocenters. The lowest BCUT2D eigenvalue weighted by Crippen LogP contribution is -2.50. The first kappa shape index (κ1) is 20.8. The van der Waals surface area contributed by atoms with Crippen molar-refractivity contribution >= 4 is 11.8 Å². The van der Waals surface area contributed by atoms with Gasteiger partial charge in [-0.05, 0) is 42.0 Å². The van der Waals surface area contributed by atoms with E-state index >= 15 is 0 Å². The van der Waals surface area contributed by atoms with E-state index in [4.69, 9.17) is 4.74 Å². The average Bonchev–Trinajstić information content (AvgIpc) is 2.75. The predicted molar refractivity (Wildman–Crippen MR) is 108 cm³/mol. The van der Waals surface area contributed by atoms with Gasteiger partial charge in [0.2, 0.25) is 5.91 Å². The fourth-order valence-electron chi connectivity index (χ4n) is 3.28. The maximum absolute atomic E-state index is 13.0. The highest BCUT2D eigenvalue weighted by atomic mass is 19.1. The number of amides is 2. The quantitative estimate of drug-likeness (QED) is 0.773. The van der Waals surface area contributed by atoms with Crippen molar-refractivity contribution in [3.63, 3.8) is 0 Å². The van der Waals surface area contributed by atoms with Crippen molar-refractivity contribution < 1.29 is 18.7 Å². The van der Waals surface area contributed by atoms with Crippen LogP contribution in [0, 0.1) is 5.82 Å². The SMILES string of the molecule is COc1ccc(C(=O)NCCN2CCN(C(=O)Cc3ccc(F)cc3)CC2)cc1. The summed E-state index contributed by atoms with van der Waals surface area (Å²) in [4.78, 5) is 28.7. The van der Waals surface area contributed by atoms with Crippen molar-refractivity contribution in [1.82, 2.24) is 15.1 Å². The van der Waals surface area contributed by atoms with Crippen LogP contribution in [0.15, 0.2) is 48.5 Å². The summed E-state index contributed by atoms with van der Waals surface area (Å²) < 4.78 is 18.1. The maximum atomic E-state index is 13.0. The van der Waals surface area contributed by atoms with E-state index in [1.54, 1.807) is 43.5 Å². The van der Waals surface area contributed by atoms with Crippen molar-refractivity contribution in [3.05, 3.63) is 65.5 Å². The van der Waals surface area contributed by atoms with Crippen LogP contribution in [0.1, 0.15) is 15.9 Å². The zero-order valence-corrected chi connectivity index (χ0v) is 16.6. The fraction of sp³-hybridized carbons (Fsp3) is 0.364. The highest BCUT2D eigenvalue weighted by Gasteiger charge is 2.21. The molecular weight excluding hydrogens is 373 g/mol. The molecule has 154 valence electrons. The molecule has 29 heavy (non-hydrogen) atoms. The van der Waals surface area contributed by atoms with Crippen LogP contribution in [0.5, 0.6) is 5.75 Å². The molecule has 0 radical (unpaired) electrons. The van der Waals surface area contributed by atoms with Gasteiger partial charge < -0.3 is 15.0 Å². The highest BCUT2D eigenvalue weighted by molar-refractivity contribution is 5.94. The Kier molecular flexibility index (Phi) is 7.19. The standard InChI is InChI=1S/C22H26FN3O3/c1-29-20-8-4-18(5-9-20)22(28)24-10-11-25-12-14-26(15-13-25)21(27)16-17-2-6-19(23)7-3-17/h2-9H,10-16H2,1H3,(H,24,28). The Balaban J connectivity index is 1.36. The summed E-state index contributed by atoms with van der Waals surface area (Å²) in [6, 6.07) is 13.0. The number of benzene rings is 2. The fourth-order valence-corrected chi connectivity index (χ4v) is 3.28. The third-order valence-corrected chi connectivity index (χ3v) is 5.06. The lowest BCUT2D eigenvalue weighted by molar-refractivity contribution is -0.132. The van der Waals surface area contributed by atoms with Crippen LogP contribution in [0.4, 0.5) is 4.39 Å². The van der Waals surface area contributed by atoms with Gasteiger partial charge in [-0.2, -0.15) is 0 Å². The van der Waals surface area contributed by atoms with Crippen LogP contribution in [-0.4, -0.2) is 68.0 Å². The minimum atomic E-state index is -0.297. The minimum Gasteiger partial charge on any atom is -0.497 e. The molecule has 2 aromatic rings. The molecular formula is C22H26FN3O3. The number of methoxy groups -OCH3 is 1. The number of halogens is 1. The van der Waals surface area contributed by atoms with Crippen molar-refractivity contribution in [2.45, 2.75) is 6.42 Å². The molecule has 1 heterocycles. The summed E-state index contributed by atoms with van der Waals surface area (Å²) in [7, 11) is 1.59. The molecule has 0 saturated carbocycles. The molecule has 1 aliphatic rings. The van der Waals surface area contributed by atoms with E-state index in [1.807, 2.05) is 4.90 Å². The molecule has 3 rings (SSSR count). The number of ether oxygens (including phenoxy) is 1. The second kappa shape index (κ2) is 10.0. The molecule has 0 spiro atoms. The molecule has 0 aliphatic carbocycles. The molecule has 7 heteroatoms. The predicted octanol–water partition coefficient (Wildman–Crippen LogP) is 1.95. The Hall–Kier alpha value is -2.93. The number of nitrogens with one attached hydrogen (secondary N) is 1. The molecule has 2 amide bonds. The van der Waals surface area contributed by atoms with Crippen LogP contribution in [0.3, 0.4) is 0 Å². The second-order valence-electron chi connectivity index (χ2n) is 7.01. The van der Waals surface area contributed by atoms with Gasteiger partial charge in [0.15, 0.2) is 0 Å². The Morgan fingerprint density at radius 2 is 1.66 bits per heavy atom. The largest absolute Gasteiger partial charge is 0.497 e. The van der Waals surface area contributed by atoms with Gasteiger partial charge in [0.05, 0.1) is 13.5 Å². The number of hydrogen-bond acceptors (Lipinski definition) is 4. The van der Waals surface area contributed by atoms with Gasteiger partial charge >= 0.3 is 0 Å². The van der Waals surface area contributed by atoms with Crippen LogP contribution < -0.4 is 10.1 Å². The Bertz CT molecular complexity index is 816. The Morgan fingerprint density at radius 3 is 2.28 bits per heavy atom. The van der Waals surface area contributed by atoms with Crippen LogP contribution in [-0.2, 0) is 11.2 Å². The van der Waals surface area contributed by atoms with Gasteiger partial charge in [-0.1, -0.05) is 12.1 Å². The Labute approximate surface area is 170 Å². The summed E-state index contributed by atoms with van der Waals surface area (Å²) in [6.45, 7) is 4.15. The minimum absolute atomic E-state index is 0.0593. The van der Waals surface area contributed by atoms with E-state index in [2.05, 4.69) is 10.2 Å². The van der Waals surface area contributed by atoms with Gasteiger partial charge in [0.1, 0.15) is 11.6 Å². The zero-order chi connectivity index (χ0) is 20.6. The monoisotopic (exact) mass is 399 g/mol. The zero-order valence-electron chi connectivity index (χ0n) is 16.6. The number of piperazine rings is 1. The number of carbonyl (C=O) groups is 2. The van der Waals surface area contributed by atoms with Gasteiger partial charge in [0, 0.05) is 44.8 Å². The highest BCUT2D eigenvalue weighted by Crippen LogP contribution is 2.11. The third-order valence-electron chi connectivity index (χ3n) is 5.06. The number of rotatable bonds is 7.